The lowest BCUT2D eigenvalue weighted by molar-refractivity contribution is 0.0724. The Hall–Kier alpha value is 0. The van der Waals surface area contributed by atoms with Crippen molar-refractivity contribution in [1.29, 1.82) is 0 Å². The first-order chi connectivity index (χ1) is 5.84. The molecule has 0 radical (unpaired) electrons. The third-order valence-electron chi connectivity index (χ3n) is 2.25. The van der Waals surface area contributed by atoms with Crippen molar-refractivity contribution in [2.45, 2.75) is 43.0 Å². The van der Waals surface area contributed by atoms with Crippen LogP contribution < -0.4 is 0 Å². The highest BCUT2D eigenvalue weighted by Gasteiger charge is 2.21. The van der Waals surface area contributed by atoms with Gasteiger partial charge in [-0.15, -0.1) is 6.42 Å². The van der Waals surface area contributed by atoms with Crippen LogP contribution in [-0.2, 0) is 4.74 Å². The number of hydrogen-bond donors (Lipinski definition) is 0. The van der Waals surface area contributed by atoms with E-state index in [1.54, 1.807) is 0 Å². The Morgan fingerprint density at radius 3 is 2.83 bits per heavy atom. The Bertz CT molecular complexity index is 162. The molecule has 0 spiro atoms. The summed E-state index contributed by atoms with van der Waals surface area (Å²) in [6, 6.07) is 0. The molecule has 0 saturated heterocycles. The predicted molar refractivity (Wildman–Crippen MR) is 54.4 cm³/mol. The molecule has 0 unspecified atom stereocenters. The SMILES string of the molecule is C#CCO[C@@H]1CCCCC[C@H]1Br. The summed E-state index contributed by atoms with van der Waals surface area (Å²) in [5.74, 6) is 2.51. The highest BCUT2D eigenvalue weighted by molar-refractivity contribution is 9.09. The number of rotatable bonds is 2. The van der Waals surface area contributed by atoms with Crippen LogP contribution in [0, 0.1) is 12.3 Å². The van der Waals surface area contributed by atoms with Crippen LogP contribution >= 0.6 is 15.9 Å². The van der Waals surface area contributed by atoms with Crippen LogP contribution in [0.25, 0.3) is 0 Å². The summed E-state index contributed by atoms with van der Waals surface area (Å²) < 4.78 is 5.54. The Labute approximate surface area is 83.0 Å². The van der Waals surface area contributed by atoms with E-state index in [1.807, 2.05) is 0 Å². The molecule has 0 heterocycles. The van der Waals surface area contributed by atoms with Gasteiger partial charge in [-0.3, -0.25) is 0 Å². The molecule has 0 aromatic carbocycles. The van der Waals surface area contributed by atoms with Crippen LogP contribution in [0.2, 0.25) is 0 Å². The average molecular weight is 231 g/mol. The molecule has 2 atom stereocenters. The fourth-order valence-corrected chi connectivity index (χ4v) is 2.31. The number of ether oxygens (including phenoxy) is 1. The van der Waals surface area contributed by atoms with Gasteiger partial charge in [-0.1, -0.05) is 41.1 Å². The summed E-state index contributed by atoms with van der Waals surface area (Å²) in [6.45, 7) is 0.451. The molecule has 0 aromatic rings. The zero-order valence-corrected chi connectivity index (χ0v) is 8.85. The Morgan fingerprint density at radius 2 is 2.08 bits per heavy atom. The zero-order valence-electron chi connectivity index (χ0n) is 7.26. The summed E-state index contributed by atoms with van der Waals surface area (Å²) in [4.78, 5) is 0.508. The standard InChI is InChI=1S/C10H15BrO/c1-2-8-12-10-7-5-3-4-6-9(10)11/h1,9-10H,3-8H2/t9-,10-/m1/s1. The monoisotopic (exact) mass is 230 g/mol. The highest BCUT2D eigenvalue weighted by Crippen LogP contribution is 2.25. The van der Waals surface area contributed by atoms with Crippen molar-refractivity contribution in [3.05, 3.63) is 0 Å². The summed E-state index contributed by atoms with van der Waals surface area (Å²) in [5, 5.41) is 0. The maximum Gasteiger partial charge on any atom is 0.107 e. The first-order valence-corrected chi connectivity index (χ1v) is 5.45. The second-order valence-corrected chi connectivity index (χ2v) is 4.38. The average Bonchev–Trinajstić information content (AvgIpc) is 2.27. The van der Waals surface area contributed by atoms with Gasteiger partial charge < -0.3 is 4.74 Å². The number of terminal acetylenes is 1. The Balaban J connectivity index is 2.32. The summed E-state index contributed by atoms with van der Waals surface area (Å²) in [6.07, 6.45) is 11.8. The molecule has 0 aromatic heterocycles. The molecule has 0 amide bonds. The van der Waals surface area contributed by atoms with Gasteiger partial charge in [0.15, 0.2) is 0 Å². The molecule has 0 aliphatic heterocycles. The molecule has 1 nitrogen and oxygen atoms in total. The van der Waals surface area contributed by atoms with E-state index in [0.717, 1.165) is 6.42 Å². The van der Waals surface area contributed by atoms with Gasteiger partial charge >= 0.3 is 0 Å². The fourth-order valence-electron chi connectivity index (χ4n) is 1.57. The molecule has 2 heteroatoms. The summed E-state index contributed by atoms with van der Waals surface area (Å²) in [5.41, 5.74) is 0. The molecule has 1 rings (SSSR count). The number of alkyl halides is 1. The van der Waals surface area contributed by atoms with Crippen LogP contribution in [0.5, 0.6) is 0 Å². The normalized spacial score (nSPS) is 30.7. The molecule has 0 N–H and O–H groups in total. The second-order valence-electron chi connectivity index (χ2n) is 3.21. The van der Waals surface area contributed by atoms with Crippen molar-refractivity contribution < 1.29 is 4.74 Å². The molecule has 1 saturated carbocycles. The van der Waals surface area contributed by atoms with Crippen molar-refractivity contribution >= 4 is 15.9 Å². The Kier molecular flexibility index (Phi) is 4.72. The van der Waals surface area contributed by atoms with Crippen molar-refractivity contribution in [1.82, 2.24) is 0 Å². The van der Waals surface area contributed by atoms with Crippen molar-refractivity contribution in [2.24, 2.45) is 0 Å². The molecule has 0 bridgehead atoms. The molecular weight excluding hydrogens is 216 g/mol. The first-order valence-electron chi connectivity index (χ1n) is 4.53. The summed E-state index contributed by atoms with van der Waals surface area (Å²) >= 11 is 3.64. The highest BCUT2D eigenvalue weighted by atomic mass is 79.9. The molecule has 1 aliphatic rings. The third kappa shape index (κ3) is 3.16. The van der Waals surface area contributed by atoms with Crippen LogP contribution in [0.1, 0.15) is 32.1 Å². The lowest BCUT2D eigenvalue weighted by Crippen LogP contribution is -2.23. The second kappa shape index (κ2) is 5.61. The van der Waals surface area contributed by atoms with E-state index in [9.17, 15) is 0 Å². The molecular formula is C10H15BrO. The van der Waals surface area contributed by atoms with E-state index in [2.05, 4.69) is 21.9 Å². The Morgan fingerprint density at radius 1 is 1.33 bits per heavy atom. The third-order valence-corrected chi connectivity index (χ3v) is 3.30. The van der Waals surface area contributed by atoms with Gasteiger partial charge in [0.1, 0.15) is 6.61 Å². The first kappa shape index (κ1) is 10.1. The smallest absolute Gasteiger partial charge is 0.107 e. The van der Waals surface area contributed by atoms with Crippen LogP contribution in [-0.4, -0.2) is 17.5 Å². The van der Waals surface area contributed by atoms with Crippen LogP contribution in [0.3, 0.4) is 0 Å². The lowest BCUT2D eigenvalue weighted by Gasteiger charge is -2.18. The predicted octanol–water partition coefficient (Wildman–Crippen LogP) is 2.73. The van der Waals surface area contributed by atoms with Gasteiger partial charge in [0.2, 0.25) is 0 Å². The van der Waals surface area contributed by atoms with E-state index in [4.69, 9.17) is 11.2 Å². The van der Waals surface area contributed by atoms with E-state index in [0.29, 0.717) is 17.5 Å². The van der Waals surface area contributed by atoms with Crippen LogP contribution in [0.15, 0.2) is 0 Å². The molecule has 12 heavy (non-hydrogen) atoms. The largest absolute Gasteiger partial charge is 0.364 e. The van der Waals surface area contributed by atoms with Crippen molar-refractivity contribution in [2.75, 3.05) is 6.61 Å². The molecule has 68 valence electrons. The minimum absolute atomic E-state index is 0.337. The van der Waals surface area contributed by atoms with E-state index in [1.165, 1.54) is 25.7 Å². The lowest BCUT2D eigenvalue weighted by atomic mass is 10.1. The van der Waals surface area contributed by atoms with E-state index >= 15 is 0 Å². The zero-order chi connectivity index (χ0) is 8.81. The maximum absolute atomic E-state index is 5.54. The quantitative estimate of drug-likeness (QED) is 0.403. The van der Waals surface area contributed by atoms with Crippen molar-refractivity contribution in [3.63, 3.8) is 0 Å². The number of hydrogen-bond acceptors (Lipinski definition) is 1. The van der Waals surface area contributed by atoms with Gasteiger partial charge in [0.05, 0.1) is 6.10 Å². The maximum atomic E-state index is 5.54. The molecule has 1 fully saturated rings. The van der Waals surface area contributed by atoms with Crippen molar-refractivity contribution in [3.8, 4) is 12.3 Å². The van der Waals surface area contributed by atoms with Gasteiger partial charge in [-0.25, -0.2) is 0 Å². The fraction of sp³-hybridized carbons (Fsp3) is 0.800. The minimum atomic E-state index is 0.337. The minimum Gasteiger partial charge on any atom is -0.364 e. The van der Waals surface area contributed by atoms with E-state index < -0.39 is 0 Å². The van der Waals surface area contributed by atoms with E-state index in [-0.39, 0.29) is 0 Å². The van der Waals surface area contributed by atoms with Gasteiger partial charge in [-0.05, 0) is 12.8 Å². The van der Waals surface area contributed by atoms with Gasteiger partial charge in [-0.2, -0.15) is 0 Å². The summed E-state index contributed by atoms with van der Waals surface area (Å²) in [7, 11) is 0. The topological polar surface area (TPSA) is 9.23 Å². The van der Waals surface area contributed by atoms with Gasteiger partial charge in [0.25, 0.3) is 0 Å². The number of halogens is 1. The molecule has 1 aliphatic carbocycles. The van der Waals surface area contributed by atoms with Crippen LogP contribution in [0.4, 0.5) is 0 Å². The van der Waals surface area contributed by atoms with Gasteiger partial charge in [0, 0.05) is 4.83 Å².